The Kier molecular flexibility index (Phi) is 3.09. The van der Waals surface area contributed by atoms with Gasteiger partial charge < -0.3 is 5.32 Å². The number of hydrogen-bond donors (Lipinski definition) is 1. The molecule has 2 aromatic rings. The molecule has 84 valence electrons. The van der Waals surface area contributed by atoms with E-state index in [9.17, 15) is 0 Å². The van der Waals surface area contributed by atoms with Gasteiger partial charge in [-0.3, -0.25) is 0 Å². The van der Waals surface area contributed by atoms with Gasteiger partial charge >= 0.3 is 0 Å². The summed E-state index contributed by atoms with van der Waals surface area (Å²) in [5.74, 6) is 0.933. The molecule has 0 spiro atoms. The van der Waals surface area contributed by atoms with Crippen LogP contribution >= 0.6 is 22.7 Å². The lowest BCUT2D eigenvalue weighted by Crippen LogP contribution is -2.23. The largest absolute Gasteiger partial charge is 0.305 e. The smallest absolute Gasteiger partial charge is 0.0764 e. The van der Waals surface area contributed by atoms with Crippen molar-refractivity contribution in [1.29, 1.82) is 0 Å². The van der Waals surface area contributed by atoms with Gasteiger partial charge in [0.1, 0.15) is 0 Å². The lowest BCUT2D eigenvalue weighted by molar-refractivity contribution is 0.586. The summed E-state index contributed by atoms with van der Waals surface area (Å²) in [6.07, 6.45) is 2.82. The second-order valence-corrected chi connectivity index (χ2v) is 6.27. The molecule has 0 radical (unpaired) electrons. The summed E-state index contributed by atoms with van der Waals surface area (Å²) in [4.78, 5) is 2.87. The van der Waals surface area contributed by atoms with Crippen molar-refractivity contribution in [2.24, 2.45) is 5.92 Å². The first kappa shape index (κ1) is 10.5. The Balaban J connectivity index is 1.77. The number of hydrogen-bond acceptors (Lipinski definition) is 3. The summed E-state index contributed by atoms with van der Waals surface area (Å²) in [5, 5.41) is 8.03. The Labute approximate surface area is 104 Å². The van der Waals surface area contributed by atoms with Crippen LogP contribution < -0.4 is 5.32 Å². The van der Waals surface area contributed by atoms with E-state index in [2.05, 4.69) is 40.3 Å². The molecule has 3 rings (SSSR count). The predicted molar refractivity (Wildman–Crippen MR) is 71.2 cm³/mol. The molecule has 3 heteroatoms. The van der Waals surface area contributed by atoms with E-state index >= 15 is 0 Å². The van der Waals surface area contributed by atoms with Crippen LogP contribution in [0.3, 0.4) is 0 Å². The molecule has 0 atom stereocenters. The summed E-state index contributed by atoms with van der Waals surface area (Å²) in [7, 11) is 0. The molecular weight excluding hydrogens is 234 g/mol. The van der Waals surface area contributed by atoms with E-state index in [0.29, 0.717) is 6.04 Å². The van der Waals surface area contributed by atoms with Crippen molar-refractivity contribution in [3.8, 4) is 0 Å². The molecule has 0 saturated heterocycles. The van der Waals surface area contributed by atoms with Crippen molar-refractivity contribution >= 4 is 22.7 Å². The molecule has 0 bridgehead atoms. The molecule has 1 fully saturated rings. The molecule has 0 unspecified atom stereocenters. The van der Waals surface area contributed by atoms with Crippen LogP contribution in [0.5, 0.6) is 0 Å². The summed E-state index contributed by atoms with van der Waals surface area (Å²) >= 11 is 3.69. The molecule has 1 N–H and O–H groups in total. The Hall–Kier alpha value is -0.640. The molecule has 2 heterocycles. The number of rotatable bonds is 5. The highest BCUT2D eigenvalue weighted by atomic mass is 32.1. The van der Waals surface area contributed by atoms with E-state index in [-0.39, 0.29) is 0 Å². The van der Waals surface area contributed by atoms with Crippen LogP contribution in [0.2, 0.25) is 0 Å². The third-order valence-electron chi connectivity index (χ3n) is 2.96. The fourth-order valence-electron chi connectivity index (χ4n) is 1.86. The standard InChI is InChI=1S/C13H15NS2/c1-3-11(15-7-1)13(12-4-2-8-16-12)14-9-10-5-6-10/h1-4,7-8,10,13-14H,5-6,9H2. The molecule has 1 nitrogen and oxygen atoms in total. The first-order chi connectivity index (χ1) is 7.93. The van der Waals surface area contributed by atoms with Crippen LogP contribution in [0, 0.1) is 5.92 Å². The van der Waals surface area contributed by atoms with Crippen molar-refractivity contribution in [2.45, 2.75) is 18.9 Å². The van der Waals surface area contributed by atoms with E-state index in [0.717, 1.165) is 5.92 Å². The summed E-state index contributed by atoms with van der Waals surface area (Å²) in [6.45, 7) is 1.17. The maximum absolute atomic E-state index is 3.71. The minimum Gasteiger partial charge on any atom is -0.305 e. The lowest BCUT2D eigenvalue weighted by Gasteiger charge is -2.15. The van der Waals surface area contributed by atoms with Crippen molar-refractivity contribution in [2.75, 3.05) is 6.54 Å². The van der Waals surface area contributed by atoms with Gasteiger partial charge in [0, 0.05) is 9.75 Å². The van der Waals surface area contributed by atoms with Crippen LogP contribution in [0.1, 0.15) is 28.6 Å². The quantitative estimate of drug-likeness (QED) is 0.847. The second-order valence-electron chi connectivity index (χ2n) is 4.32. The Morgan fingerprint density at radius 2 is 1.75 bits per heavy atom. The summed E-state index contributed by atoms with van der Waals surface area (Å²) < 4.78 is 0. The number of thiophene rings is 2. The molecule has 16 heavy (non-hydrogen) atoms. The molecule has 0 amide bonds. The highest BCUT2D eigenvalue weighted by Gasteiger charge is 2.23. The van der Waals surface area contributed by atoms with Crippen LogP contribution in [-0.2, 0) is 0 Å². The molecule has 2 aromatic heterocycles. The van der Waals surface area contributed by atoms with Gasteiger partial charge in [0.05, 0.1) is 6.04 Å². The van der Waals surface area contributed by atoms with Crippen LogP contribution in [0.25, 0.3) is 0 Å². The summed E-state index contributed by atoms with van der Waals surface area (Å²) in [5.41, 5.74) is 0. The van der Waals surface area contributed by atoms with Gasteiger partial charge in [-0.15, -0.1) is 22.7 Å². The molecular formula is C13H15NS2. The van der Waals surface area contributed by atoms with Gasteiger partial charge in [-0.2, -0.15) is 0 Å². The molecule has 1 aliphatic carbocycles. The van der Waals surface area contributed by atoms with Gasteiger partial charge in [0.25, 0.3) is 0 Å². The van der Waals surface area contributed by atoms with Gasteiger partial charge in [0.15, 0.2) is 0 Å². The van der Waals surface area contributed by atoms with Crippen molar-refractivity contribution in [1.82, 2.24) is 5.32 Å². The summed E-state index contributed by atoms with van der Waals surface area (Å²) in [6, 6.07) is 9.16. The van der Waals surface area contributed by atoms with Gasteiger partial charge in [-0.1, -0.05) is 12.1 Å². The van der Waals surface area contributed by atoms with Crippen LogP contribution in [0.15, 0.2) is 35.0 Å². The third-order valence-corrected chi connectivity index (χ3v) is 4.84. The Bertz CT molecular complexity index is 380. The van der Waals surface area contributed by atoms with Gasteiger partial charge in [0.2, 0.25) is 0 Å². The maximum Gasteiger partial charge on any atom is 0.0764 e. The third kappa shape index (κ3) is 2.37. The van der Waals surface area contributed by atoms with Gasteiger partial charge in [-0.25, -0.2) is 0 Å². The van der Waals surface area contributed by atoms with E-state index < -0.39 is 0 Å². The van der Waals surface area contributed by atoms with E-state index in [1.165, 1.54) is 29.1 Å². The zero-order valence-electron chi connectivity index (χ0n) is 9.06. The van der Waals surface area contributed by atoms with E-state index in [1.54, 1.807) is 0 Å². The Morgan fingerprint density at radius 1 is 1.12 bits per heavy atom. The van der Waals surface area contributed by atoms with E-state index in [1.807, 2.05) is 22.7 Å². The lowest BCUT2D eigenvalue weighted by atomic mass is 10.2. The average molecular weight is 249 g/mol. The second kappa shape index (κ2) is 4.70. The highest BCUT2D eigenvalue weighted by Crippen LogP contribution is 2.32. The van der Waals surface area contributed by atoms with Crippen molar-refractivity contribution in [3.05, 3.63) is 44.8 Å². The first-order valence-corrected chi connectivity index (χ1v) is 7.49. The SMILES string of the molecule is c1csc(C(NCC2CC2)c2cccs2)c1. The minimum absolute atomic E-state index is 0.417. The molecule has 0 aromatic carbocycles. The fraction of sp³-hybridized carbons (Fsp3) is 0.385. The zero-order chi connectivity index (χ0) is 10.8. The topological polar surface area (TPSA) is 12.0 Å². The first-order valence-electron chi connectivity index (χ1n) is 5.73. The van der Waals surface area contributed by atoms with Crippen molar-refractivity contribution < 1.29 is 0 Å². The molecule has 1 aliphatic rings. The van der Waals surface area contributed by atoms with Gasteiger partial charge in [-0.05, 0) is 48.2 Å². The minimum atomic E-state index is 0.417. The Morgan fingerprint density at radius 3 is 2.19 bits per heavy atom. The maximum atomic E-state index is 3.71. The van der Waals surface area contributed by atoms with Crippen molar-refractivity contribution in [3.63, 3.8) is 0 Å². The predicted octanol–water partition coefficient (Wildman–Crippen LogP) is 3.90. The molecule has 1 saturated carbocycles. The monoisotopic (exact) mass is 249 g/mol. The highest BCUT2D eigenvalue weighted by molar-refractivity contribution is 7.11. The molecule has 0 aliphatic heterocycles. The van der Waals surface area contributed by atoms with Crippen LogP contribution in [0.4, 0.5) is 0 Å². The normalized spacial score (nSPS) is 15.8. The van der Waals surface area contributed by atoms with E-state index in [4.69, 9.17) is 0 Å². The fourth-order valence-corrected chi connectivity index (χ4v) is 3.57. The average Bonchev–Trinajstić information content (AvgIpc) is 2.82. The van der Waals surface area contributed by atoms with Crippen LogP contribution in [-0.4, -0.2) is 6.54 Å². The zero-order valence-corrected chi connectivity index (χ0v) is 10.7. The number of nitrogens with one attached hydrogen (secondary N) is 1.